The van der Waals surface area contributed by atoms with Crippen LogP contribution in [0, 0.1) is 5.82 Å². The van der Waals surface area contributed by atoms with E-state index in [2.05, 4.69) is 15.9 Å². The molecular formula is C15H18BrFO3. The molecule has 2 heterocycles. The fourth-order valence-corrected chi connectivity index (χ4v) is 3.37. The SMILES string of the molecule is Fc1ccc(OC2CCOC3(CCOCC3)C2)c(Br)c1. The first-order valence-corrected chi connectivity index (χ1v) is 7.80. The Morgan fingerprint density at radius 1 is 1.25 bits per heavy atom. The molecule has 0 N–H and O–H groups in total. The first-order chi connectivity index (χ1) is 9.67. The van der Waals surface area contributed by atoms with Crippen molar-refractivity contribution in [2.75, 3.05) is 19.8 Å². The van der Waals surface area contributed by atoms with Crippen molar-refractivity contribution >= 4 is 15.9 Å². The Morgan fingerprint density at radius 2 is 2.05 bits per heavy atom. The van der Waals surface area contributed by atoms with Gasteiger partial charge in [0.15, 0.2) is 0 Å². The van der Waals surface area contributed by atoms with Crippen molar-refractivity contribution in [2.45, 2.75) is 37.4 Å². The maximum absolute atomic E-state index is 13.1. The minimum Gasteiger partial charge on any atom is -0.489 e. The first-order valence-electron chi connectivity index (χ1n) is 7.00. The highest BCUT2D eigenvalue weighted by Gasteiger charge is 2.39. The van der Waals surface area contributed by atoms with Gasteiger partial charge in [0.2, 0.25) is 0 Å². The maximum Gasteiger partial charge on any atom is 0.134 e. The third-order valence-electron chi connectivity index (χ3n) is 4.04. The Bertz CT molecular complexity index is 469. The van der Waals surface area contributed by atoms with Crippen LogP contribution in [0.3, 0.4) is 0 Å². The zero-order valence-corrected chi connectivity index (χ0v) is 12.8. The smallest absolute Gasteiger partial charge is 0.134 e. The van der Waals surface area contributed by atoms with Gasteiger partial charge in [0, 0.05) is 26.1 Å². The van der Waals surface area contributed by atoms with Gasteiger partial charge in [-0.1, -0.05) is 0 Å². The van der Waals surface area contributed by atoms with E-state index in [0.29, 0.717) is 16.8 Å². The fourth-order valence-electron chi connectivity index (χ4n) is 2.93. The zero-order valence-electron chi connectivity index (χ0n) is 11.2. The van der Waals surface area contributed by atoms with Crippen LogP contribution in [-0.4, -0.2) is 31.5 Å². The van der Waals surface area contributed by atoms with Gasteiger partial charge in [0.05, 0.1) is 16.7 Å². The molecule has 2 fully saturated rings. The number of rotatable bonds is 2. The lowest BCUT2D eigenvalue weighted by atomic mass is 9.85. The van der Waals surface area contributed by atoms with Gasteiger partial charge in [0.1, 0.15) is 17.7 Å². The standard InChI is InChI=1S/C15H18BrFO3/c16-13-9-11(17)1-2-14(13)20-12-3-6-19-15(10-12)4-7-18-8-5-15/h1-2,9,12H,3-8,10H2. The van der Waals surface area contributed by atoms with E-state index < -0.39 is 0 Å². The van der Waals surface area contributed by atoms with Gasteiger partial charge < -0.3 is 14.2 Å². The molecule has 0 aromatic heterocycles. The number of hydrogen-bond acceptors (Lipinski definition) is 3. The third-order valence-corrected chi connectivity index (χ3v) is 4.66. The first kappa shape index (κ1) is 14.3. The lowest BCUT2D eigenvalue weighted by Crippen LogP contribution is -2.47. The number of ether oxygens (including phenoxy) is 3. The highest BCUT2D eigenvalue weighted by Crippen LogP contribution is 2.37. The molecule has 0 bridgehead atoms. The van der Waals surface area contributed by atoms with Gasteiger partial charge in [-0.3, -0.25) is 0 Å². The van der Waals surface area contributed by atoms with E-state index in [0.717, 1.165) is 38.9 Å². The van der Waals surface area contributed by atoms with Crippen LogP contribution in [0.15, 0.2) is 22.7 Å². The average molecular weight is 345 g/mol. The van der Waals surface area contributed by atoms with Crippen molar-refractivity contribution in [3.63, 3.8) is 0 Å². The molecule has 2 saturated heterocycles. The summed E-state index contributed by atoms with van der Waals surface area (Å²) in [6.45, 7) is 2.23. The number of benzene rings is 1. The average Bonchev–Trinajstić information content (AvgIpc) is 2.43. The van der Waals surface area contributed by atoms with E-state index in [9.17, 15) is 4.39 Å². The Hall–Kier alpha value is -0.650. The molecule has 1 aromatic carbocycles. The minimum atomic E-state index is -0.267. The molecular weight excluding hydrogens is 327 g/mol. The summed E-state index contributed by atoms with van der Waals surface area (Å²) in [5.41, 5.74) is -0.0896. The summed E-state index contributed by atoms with van der Waals surface area (Å²) in [6.07, 6.45) is 3.71. The van der Waals surface area contributed by atoms with Gasteiger partial charge in [-0.05, 0) is 47.0 Å². The Morgan fingerprint density at radius 3 is 2.80 bits per heavy atom. The van der Waals surface area contributed by atoms with Crippen molar-refractivity contribution < 1.29 is 18.6 Å². The van der Waals surface area contributed by atoms with Crippen LogP contribution >= 0.6 is 15.9 Å². The molecule has 110 valence electrons. The molecule has 5 heteroatoms. The van der Waals surface area contributed by atoms with E-state index >= 15 is 0 Å². The van der Waals surface area contributed by atoms with Crippen molar-refractivity contribution in [1.82, 2.24) is 0 Å². The summed E-state index contributed by atoms with van der Waals surface area (Å²) in [5.74, 6) is 0.428. The van der Waals surface area contributed by atoms with E-state index in [-0.39, 0.29) is 17.5 Å². The predicted molar refractivity (Wildman–Crippen MR) is 76.5 cm³/mol. The Balaban J connectivity index is 1.68. The Labute approximate surface area is 126 Å². The third kappa shape index (κ3) is 3.15. The van der Waals surface area contributed by atoms with Crippen molar-refractivity contribution in [1.29, 1.82) is 0 Å². The van der Waals surface area contributed by atoms with Crippen molar-refractivity contribution in [3.05, 3.63) is 28.5 Å². The largest absolute Gasteiger partial charge is 0.489 e. The predicted octanol–water partition coefficient (Wildman–Crippen LogP) is 3.70. The van der Waals surface area contributed by atoms with Gasteiger partial charge in [-0.15, -0.1) is 0 Å². The monoisotopic (exact) mass is 344 g/mol. The number of halogens is 2. The van der Waals surface area contributed by atoms with Gasteiger partial charge in [-0.25, -0.2) is 4.39 Å². The summed E-state index contributed by atoms with van der Waals surface area (Å²) < 4.78 is 31.2. The van der Waals surface area contributed by atoms with E-state index in [4.69, 9.17) is 14.2 Å². The normalized spacial score (nSPS) is 25.6. The number of hydrogen-bond donors (Lipinski definition) is 0. The maximum atomic E-state index is 13.1. The highest BCUT2D eigenvalue weighted by molar-refractivity contribution is 9.10. The quantitative estimate of drug-likeness (QED) is 0.818. The van der Waals surface area contributed by atoms with Gasteiger partial charge in [0.25, 0.3) is 0 Å². The topological polar surface area (TPSA) is 27.7 Å². The molecule has 20 heavy (non-hydrogen) atoms. The van der Waals surface area contributed by atoms with Crippen LogP contribution in [-0.2, 0) is 9.47 Å². The summed E-state index contributed by atoms with van der Waals surface area (Å²) >= 11 is 3.35. The van der Waals surface area contributed by atoms with Gasteiger partial charge >= 0.3 is 0 Å². The van der Waals surface area contributed by atoms with Crippen LogP contribution in [0.4, 0.5) is 4.39 Å². The second kappa shape index (κ2) is 6.00. The molecule has 1 atom stereocenters. The summed E-state index contributed by atoms with van der Waals surface area (Å²) in [6, 6.07) is 4.52. The van der Waals surface area contributed by atoms with E-state index in [1.165, 1.54) is 12.1 Å². The van der Waals surface area contributed by atoms with E-state index in [1.807, 2.05) is 0 Å². The molecule has 2 aliphatic rings. The zero-order chi connectivity index (χ0) is 14.0. The summed E-state index contributed by atoms with van der Waals surface area (Å²) in [7, 11) is 0. The molecule has 0 saturated carbocycles. The Kier molecular flexibility index (Phi) is 4.29. The highest BCUT2D eigenvalue weighted by atomic mass is 79.9. The summed E-state index contributed by atoms with van der Waals surface area (Å²) in [4.78, 5) is 0. The molecule has 2 aliphatic heterocycles. The summed E-state index contributed by atoms with van der Waals surface area (Å²) in [5, 5.41) is 0. The lowest BCUT2D eigenvalue weighted by Gasteiger charge is -2.43. The van der Waals surface area contributed by atoms with Crippen LogP contribution < -0.4 is 4.74 Å². The molecule has 1 spiro atoms. The van der Waals surface area contributed by atoms with Gasteiger partial charge in [-0.2, -0.15) is 0 Å². The van der Waals surface area contributed by atoms with Crippen LogP contribution in [0.2, 0.25) is 0 Å². The molecule has 0 aliphatic carbocycles. The van der Waals surface area contributed by atoms with Crippen LogP contribution in [0.1, 0.15) is 25.7 Å². The molecule has 0 radical (unpaired) electrons. The minimum absolute atomic E-state index is 0.0896. The molecule has 3 nitrogen and oxygen atoms in total. The van der Waals surface area contributed by atoms with Crippen LogP contribution in [0.25, 0.3) is 0 Å². The fraction of sp³-hybridized carbons (Fsp3) is 0.600. The molecule has 1 unspecified atom stereocenters. The second-order valence-electron chi connectivity index (χ2n) is 5.45. The molecule has 3 rings (SSSR count). The van der Waals surface area contributed by atoms with E-state index in [1.54, 1.807) is 6.07 Å². The lowest BCUT2D eigenvalue weighted by molar-refractivity contribution is -0.155. The van der Waals surface area contributed by atoms with Crippen molar-refractivity contribution in [2.24, 2.45) is 0 Å². The molecule has 0 amide bonds. The van der Waals surface area contributed by atoms with Crippen molar-refractivity contribution in [3.8, 4) is 5.75 Å². The van der Waals surface area contributed by atoms with Crippen LogP contribution in [0.5, 0.6) is 5.75 Å². The second-order valence-corrected chi connectivity index (χ2v) is 6.31. The molecule has 1 aromatic rings.